The lowest BCUT2D eigenvalue weighted by molar-refractivity contribution is -0.136. The Hall–Kier alpha value is -1.65. The summed E-state index contributed by atoms with van der Waals surface area (Å²) in [5, 5.41) is 9.59. The van der Waals surface area contributed by atoms with Crippen LogP contribution in [0.5, 0.6) is 0 Å². The summed E-state index contributed by atoms with van der Waals surface area (Å²) in [6.07, 6.45) is 1.19. The first kappa shape index (κ1) is 12.8. The van der Waals surface area contributed by atoms with Gasteiger partial charge in [-0.05, 0) is 18.2 Å². The molecule has 92 valence electrons. The van der Waals surface area contributed by atoms with E-state index in [2.05, 4.69) is 9.97 Å². The normalized spacial score (nSPS) is 10.3. The maximum atomic E-state index is 10.6. The molecule has 0 bridgehead atoms. The first-order valence-corrected chi connectivity index (χ1v) is 5.80. The predicted octanol–water partition coefficient (Wildman–Crippen LogP) is 3.08. The topological polar surface area (TPSA) is 63.1 Å². The van der Waals surface area contributed by atoms with Gasteiger partial charge in [0.25, 0.3) is 0 Å². The van der Waals surface area contributed by atoms with Crippen LogP contribution in [0.1, 0.15) is 5.69 Å². The van der Waals surface area contributed by atoms with E-state index in [1.165, 1.54) is 6.33 Å². The standard InChI is InChI=1S/C12H8Cl2N2O2/c13-9-2-1-7(3-10(9)14)11-4-8(5-12(17)18)15-6-16-11/h1-4,6H,5H2,(H,17,18). The molecule has 0 spiro atoms. The molecule has 18 heavy (non-hydrogen) atoms. The average molecular weight is 283 g/mol. The van der Waals surface area contributed by atoms with Crippen LogP contribution in [0.15, 0.2) is 30.6 Å². The number of carboxylic acids is 1. The first-order valence-electron chi connectivity index (χ1n) is 5.04. The van der Waals surface area contributed by atoms with Crippen molar-refractivity contribution in [1.82, 2.24) is 9.97 Å². The fourth-order valence-corrected chi connectivity index (χ4v) is 1.76. The Labute approximate surface area is 113 Å². The molecule has 0 aliphatic rings. The molecule has 0 aliphatic heterocycles. The van der Waals surface area contributed by atoms with Crippen molar-refractivity contribution in [3.05, 3.63) is 46.3 Å². The molecule has 1 N–H and O–H groups in total. The van der Waals surface area contributed by atoms with Crippen LogP contribution < -0.4 is 0 Å². The molecule has 0 amide bonds. The fourth-order valence-electron chi connectivity index (χ4n) is 1.46. The molecule has 1 aromatic carbocycles. The van der Waals surface area contributed by atoms with Gasteiger partial charge in [0.2, 0.25) is 0 Å². The zero-order valence-electron chi connectivity index (χ0n) is 9.10. The zero-order valence-corrected chi connectivity index (χ0v) is 10.6. The maximum absolute atomic E-state index is 10.6. The van der Waals surface area contributed by atoms with Crippen molar-refractivity contribution in [3.8, 4) is 11.3 Å². The summed E-state index contributed by atoms with van der Waals surface area (Å²) in [6.45, 7) is 0. The molecule has 4 nitrogen and oxygen atoms in total. The number of halogens is 2. The number of hydrogen-bond acceptors (Lipinski definition) is 3. The number of benzene rings is 1. The summed E-state index contributed by atoms with van der Waals surface area (Å²) in [4.78, 5) is 18.6. The van der Waals surface area contributed by atoms with Gasteiger partial charge in [0.1, 0.15) is 6.33 Å². The minimum Gasteiger partial charge on any atom is -0.481 e. The molecule has 0 fully saturated rings. The molecular formula is C12H8Cl2N2O2. The molecule has 1 aromatic heterocycles. The van der Waals surface area contributed by atoms with Gasteiger partial charge in [-0.25, -0.2) is 9.97 Å². The van der Waals surface area contributed by atoms with Crippen LogP contribution in [0.25, 0.3) is 11.3 Å². The van der Waals surface area contributed by atoms with Gasteiger partial charge in [0.15, 0.2) is 0 Å². The monoisotopic (exact) mass is 282 g/mol. The summed E-state index contributed by atoms with van der Waals surface area (Å²) >= 11 is 11.7. The van der Waals surface area contributed by atoms with Crippen molar-refractivity contribution in [1.29, 1.82) is 0 Å². The van der Waals surface area contributed by atoms with Crippen LogP contribution >= 0.6 is 23.2 Å². The minimum absolute atomic E-state index is 0.142. The zero-order chi connectivity index (χ0) is 13.1. The lowest BCUT2D eigenvalue weighted by atomic mass is 10.1. The van der Waals surface area contributed by atoms with Gasteiger partial charge in [-0.15, -0.1) is 0 Å². The fraction of sp³-hybridized carbons (Fsp3) is 0.0833. The summed E-state index contributed by atoms with van der Waals surface area (Å²) in [7, 11) is 0. The Morgan fingerprint density at radius 2 is 1.94 bits per heavy atom. The molecule has 0 saturated carbocycles. The molecule has 0 unspecified atom stereocenters. The summed E-state index contributed by atoms with van der Waals surface area (Å²) in [5.74, 6) is -0.936. The lowest BCUT2D eigenvalue weighted by Gasteiger charge is -2.04. The quantitative estimate of drug-likeness (QED) is 0.940. The van der Waals surface area contributed by atoms with Crippen molar-refractivity contribution in [2.75, 3.05) is 0 Å². The number of carboxylic acid groups (broad SMARTS) is 1. The molecule has 0 saturated heterocycles. The van der Waals surface area contributed by atoms with E-state index >= 15 is 0 Å². The highest BCUT2D eigenvalue weighted by molar-refractivity contribution is 6.42. The van der Waals surface area contributed by atoms with Gasteiger partial charge >= 0.3 is 5.97 Å². The summed E-state index contributed by atoms with van der Waals surface area (Å²) in [6, 6.07) is 6.73. The van der Waals surface area contributed by atoms with Gasteiger partial charge in [0.05, 0.1) is 27.9 Å². The van der Waals surface area contributed by atoms with Crippen LogP contribution in [-0.2, 0) is 11.2 Å². The Kier molecular flexibility index (Phi) is 3.79. The van der Waals surface area contributed by atoms with E-state index in [1.54, 1.807) is 24.3 Å². The smallest absolute Gasteiger partial charge is 0.309 e. The third-order valence-corrected chi connectivity index (χ3v) is 3.01. The third kappa shape index (κ3) is 2.97. The number of aromatic nitrogens is 2. The van der Waals surface area contributed by atoms with E-state index < -0.39 is 5.97 Å². The molecular weight excluding hydrogens is 275 g/mol. The summed E-state index contributed by atoms with van der Waals surface area (Å²) < 4.78 is 0. The van der Waals surface area contributed by atoms with Crippen molar-refractivity contribution >= 4 is 29.2 Å². The van der Waals surface area contributed by atoms with E-state index in [0.717, 1.165) is 5.56 Å². The molecule has 0 atom stereocenters. The Balaban J connectivity index is 2.38. The van der Waals surface area contributed by atoms with E-state index in [1.807, 2.05) is 0 Å². The highest BCUT2D eigenvalue weighted by Crippen LogP contribution is 2.27. The van der Waals surface area contributed by atoms with Gasteiger partial charge in [0, 0.05) is 5.56 Å². The van der Waals surface area contributed by atoms with Gasteiger partial charge in [-0.3, -0.25) is 4.79 Å². The van der Waals surface area contributed by atoms with Crippen LogP contribution in [0.2, 0.25) is 10.0 Å². The van der Waals surface area contributed by atoms with Gasteiger partial charge in [-0.2, -0.15) is 0 Å². The lowest BCUT2D eigenvalue weighted by Crippen LogP contribution is -2.03. The predicted molar refractivity (Wildman–Crippen MR) is 68.8 cm³/mol. The second-order valence-corrected chi connectivity index (χ2v) is 4.41. The number of aliphatic carboxylic acids is 1. The number of hydrogen-bond donors (Lipinski definition) is 1. The molecule has 0 aliphatic carbocycles. The number of rotatable bonds is 3. The number of carbonyl (C=O) groups is 1. The van der Waals surface area contributed by atoms with Gasteiger partial charge in [-0.1, -0.05) is 29.3 Å². The second-order valence-electron chi connectivity index (χ2n) is 3.59. The van der Waals surface area contributed by atoms with Crippen LogP contribution in [0.4, 0.5) is 0 Å². The summed E-state index contributed by atoms with van der Waals surface area (Å²) in [5.41, 5.74) is 1.82. The molecule has 2 aromatic rings. The molecule has 2 rings (SSSR count). The molecule has 6 heteroatoms. The van der Waals surface area contributed by atoms with E-state index in [0.29, 0.717) is 21.4 Å². The third-order valence-electron chi connectivity index (χ3n) is 2.27. The maximum Gasteiger partial charge on any atom is 0.309 e. The van der Waals surface area contributed by atoms with Crippen molar-refractivity contribution < 1.29 is 9.90 Å². The SMILES string of the molecule is O=C(O)Cc1cc(-c2ccc(Cl)c(Cl)c2)ncn1. The number of nitrogens with zero attached hydrogens (tertiary/aromatic N) is 2. The van der Waals surface area contributed by atoms with Crippen molar-refractivity contribution in [3.63, 3.8) is 0 Å². The Bertz CT molecular complexity index is 602. The highest BCUT2D eigenvalue weighted by atomic mass is 35.5. The molecule has 1 heterocycles. The van der Waals surface area contributed by atoms with Crippen LogP contribution in [-0.4, -0.2) is 21.0 Å². The minimum atomic E-state index is -0.936. The van der Waals surface area contributed by atoms with Crippen molar-refractivity contribution in [2.24, 2.45) is 0 Å². The van der Waals surface area contributed by atoms with E-state index in [9.17, 15) is 4.79 Å². The highest BCUT2D eigenvalue weighted by Gasteiger charge is 2.07. The Morgan fingerprint density at radius 1 is 1.17 bits per heavy atom. The Morgan fingerprint density at radius 3 is 2.61 bits per heavy atom. The average Bonchev–Trinajstić information content (AvgIpc) is 2.32. The molecule has 0 radical (unpaired) electrons. The second kappa shape index (κ2) is 5.33. The van der Waals surface area contributed by atoms with E-state index in [4.69, 9.17) is 28.3 Å². The largest absolute Gasteiger partial charge is 0.481 e. The van der Waals surface area contributed by atoms with Gasteiger partial charge < -0.3 is 5.11 Å². The van der Waals surface area contributed by atoms with Crippen molar-refractivity contribution in [2.45, 2.75) is 6.42 Å². The van der Waals surface area contributed by atoms with Crippen LogP contribution in [0, 0.1) is 0 Å². The first-order chi connectivity index (χ1) is 8.56. The van der Waals surface area contributed by atoms with Crippen LogP contribution in [0.3, 0.4) is 0 Å². The van der Waals surface area contributed by atoms with E-state index in [-0.39, 0.29) is 6.42 Å².